The molecule has 1 N–H and O–H groups in total. The van der Waals surface area contributed by atoms with E-state index in [-0.39, 0.29) is 6.61 Å². The van der Waals surface area contributed by atoms with Gasteiger partial charge in [0.05, 0.1) is 6.61 Å². The molecule has 0 aliphatic carbocycles. The van der Waals surface area contributed by atoms with Crippen molar-refractivity contribution in [3.8, 4) is 0 Å². The van der Waals surface area contributed by atoms with E-state index in [9.17, 15) is 0 Å². The van der Waals surface area contributed by atoms with E-state index < -0.39 is 0 Å². The van der Waals surface area contributed by atoms with Gasteiger partial charge in [-0.15, -0.1) is 19.7 Å². The standard InChI is InChI=1S/C6H10O2.C3H6O2/c1-3-5-7-8-6-4-2;1-2-3-5-4/h3-4H,1-2,5-6H2;2,4H,1,3H2. The Bertz CT molecular complexity index is 113. The summed E-state index contributed by atoms with van der Waals surface area (Å²) in [5.74, 6) is 0. The van der Waals surface area contributed by atoms with Crippen molar-refractivity contribution in [3.63, 3.8) is 0 Å². The van der Waals surface area contributed by atoms with Gasteiger partial charge in [-0.05, 0) is 0 Å². The van der Waals surface area contributed by atoms with Gasteiger partial charge in [0, 0.05) is 0 Å². The summed E-state index contributed by atoms with van der Waals surface area (Å²) in [6.45, 7) is 11.2. The van der Waals surface area contributed by atoms with Gasteiger partial charge in [0.25, 0.3) is 0 Å². The highest BCUT2D eigenvalue weighted by molar-refractivity contribution is 4.64. The summed E-state index contributed by atoms with van der Waals surface area (Å²) in [4.78, 5) is 12.6. The van der Waals surface area contributed by atoms with Crippen LogP contribution in [0.15, 0.2) is 38.0 Å². The fraction of sp³-hybridized carbons (Fsp3) is 0.333. The third-order valence-electron chi connectivity index (χ3n) is 0.648. The summed E-state index contributed by atoms with van der Waals surface area (Å²) < 4.78 is 0. The second-order valence-electron chi connectivity index (χ2n) is 1.73. The van der Waals surface area contributed by atoms with E-state index in [1.807, 2.05) is 0 Å². The molecule has 0 heterocycles. The van der Waals surface area contributed by atoms with Gasteiger partial charge in [0.15, 0.2) is 0 Å². The Hall–Kier alpha value is -0.940. The van der Waals surface area contributed by atoms with Gasteiger partial charge in [0.2, 0.25) is 0 Å². The molecule has 0 aliphatic rings. The van der Waals surface area contributed by atoms with E-state index in [0.29, 0.717) is 13.2 Å². The SMILES string of the molecule is C=CCOO.C=CCOOCC=C. The molecule has 0 saturated heterocycles. The molecule has 0 aliphatic heterocycles. The Morgan fingerprint density at radius 3 is 1.38 bits per heavy atom. The van der Waals surface area contributed by atoms with Gasteiger partial charge < -0.3 is 0 Å². The molecule has 13 heavy (non-hydrogen) atoms. The molecule has 4 heteroatoms. The minimum Gasteiger partial charge on any atom is -0.252 e. The monoisotopic (exact) mass is 188 g/mol. The maximum atomic E-state index is 7.50. The molecule has 0 aromatic heterocycles. The lowest BCUT2D eigenvalue weighted by atomic mass is 10.7. The number of rotatable bonds is 7. The van der Waals surface area contributed by atoms with Gasteiger partial charge in [0.1, 0.15) is 13.2 Å². The van der Waals surface area contributed by atoms with Crippen LogP contribution >= 0.6 is 0 Å². The van der Waals surface area contributed by atoms with E-state index >= 15 is 0 Å². The molecular formula is C9H16O4. The molecule has 0 unspecified atom stereocenters. The minimum atomic E-state index is 0.208. The highest BCUT2D eigenvalue weighted by Crippen LogP contribution is 1.77. The molecular weight excluding hydrogens is 172 g/mol. The predicted octanol–water partition coefficient (Wildman–Crippen LogP) is 1.97. The van der Waals surface area contributed by atoms with Gasteiger partial charge in [-0.3, -0.25) is 5.26 Å². The molecule has 0 fully saturated rings. The summed E-state index contributed by atoms with van der Waals surface area (Å²) in [6.07, 6.45) is 4.69. The van der Waals surface area contributed by atoms with Crippen LogP contribution in [0.3, 0.4) is 0 Å². The predicted molar refractivity (Wildman–Crippen MR) is 51.1 cm³/mol. The zero-order valence-electron chi connectivity index (χ0n) is 7.65. The van der Waals surface area contributed by atoms with Crippen molar-refractivity contribution in [1.82, 2.24) is 0 Å². The quantitative estimate of drug-likeness (QED) is 0.287. The largest absolute Gasteiger partial charge is 0.252 e. The van der Waals surface area contributed by atoms with E-state index in [4.69, 9.17) is 5.26 Å². The molecule has 0 atom stereocenters. The van der Waals surface area contributed by atoms with Gasteiger partial charge in [-0.1, -0.05) is 18.2 Å². The second kappa shape index (κ2) is 17.2. The lowest BCUT2D eigenvalue weighted by Crippen LogP contribution is -1.92. The fourth-order valence-corrected chi connectivity index (χ4v) is 0.245. The maximum absolute atomic E-state index is 7.50. The second-order valence-corrected chi connectivity index (χ2v) is 1.73. The Morgan fingerprint density at radius 1 is 0.846 bits per heavy atom. The van der Waals surface area contributed by atoms with E-state index in [0.717, 1.165) is 0 Å². The van der Waals surface area contributed by atoms with Crippen LogP contribution in [0.1, 0.15) is 0 Å². The number of hydrogen-bond donors (Lipinski definition) is 1. The van der Waals surface area contributed by atoms with Gasteiger partial charge >= 0.3 is 0 Å². The molecule has 0 aromatic rings. The summed E-state index contributed by atoms with van der Waals surface area (Å²) in [7, 11) is 0. The smallest absolute Gasteiger partial charge is 0.100 e. The average Bonchev–Trinajstić information content (AvgIpc) is 2.15. The van der Waals surface area contributed by atoms with Gasteiger partial charge in [-0.25, -0.2) is 14.7 Å². The zero-order valence-corrected chi connectivity index (χ0v) is 7.65. The van der Waals surface area contributed by atoms with Crippen molar-refractivity contribution < 1.29 is 19.9 Å². The van der Waals surface area contributed by atoms with Crippen LogP contribution in [0, 0.1) is 0 Å². The molecule has 0 spiro atoms. The van der Waals surface area contributed by atoms with Gasteiger partial charge in [-0.2, -0.15) is 0 Å². The maximum Gasteiger partial charge on any atom is 0.100 e. The van der Waals surface area contributed by atoms with Crippen LogP contribution < -0.4 is 0 Å². The molecule has 76 valence electrons. The van der Waals surface area contributed by atoms with Crippen LogP contribution in [0.2, 0.25) is 0 Å². The first kappa shape index (κ1) is 14.6. The van der Waals surface area contributed by atoms with Crippen molar-refractivity contribution >= 4 is 0 Å². The molecule has 0 rings (SSSR count). The van der Waals surface area contributed by atoms with Crippen molar-refractivity contribution in [2.45, 2.75) is 0 Å². The third-order valence-corrected chi connectivity index (χ3v) is 0.648. The van der Waals surface area contributed by atoms with Crippen LogP contribution in [-0.2, 0) is 14.7 Å². The minimum absolute atomic E-state index is 0.208. The van der Waals surface area contributed by atoms with Crippen LogP contribution in [-0.4, -0.2) is 25.1 Å². The van der Waals surface area contributed by atoms with Crippen LogP contribution in [0.25, 0.3) is 0 Å². The van der Waals surface area contributed by atoms with Crippen molar-refractivity contribution in [2.24, 2.45) is 0 Å². The summed E-state index contributed by atoms with van der Waals surface area (Å²) in [6, 6.07) is 0. The first-order chi connectivity index (χ1) is 6.33. The zero-order chi connectivity index (χ0) is 10.4. The topological polar surface area (TPSA) is 47.9 Å². The lowest BCUT2D eigenvalue weighted by molar-refractivity contribution is -0.277. The average molecular weight is 188 g/mol. The van der Waals surface area contributed by atoms with E-state index in [1.165, 1.54) is 6.08 Å². The van der Waals surface area contributed by atoms with Crippen LogP contribution in [0.5, 0.6) is 0 Å². The highest BCUT2D eigenvalue weighted by atomic mass is 17.2. The summed E-state index contributed by atoms with van der Waals surface area (Å²) in [5.41, 5.74) is 0. The highest BCUT2D eigenvalue weighted by Gasteiger charge is 1.76. The summed E-state index contributed by atoms with van der Waals surface area (Å²) >= 11 is 0. The van der Waals surface area contributed by atoms with Crippen LogP contribution in [0.4, 0.5) is 0 Å². The first-order valence-electron chi connectivity index (χ1n) is 3.66. The third kappa shape index (κ3) is 24.7. The van der Waals surface area contributed by atoms with Crippen molar-refractivity contribution in [3.05, 3.63) is 38.0 Å². The Labute approximate surface area is 78.6 Å². The summed E-state index contributed by atoms with van der Waals surface area (Å²) in [5, 5.41) is 7.50. The lowest BCUT2D eigenvalue weighted by Gasteiger charge is -1.94. The Balaban J connectivity index is 0. The molecule has 0 aromatic carbocycles. The Morgan fingerprint density at radius 2 is 1.23 bits per heavy atom. The van der Waals surface area contributed by atoms with Crippen molar-refractivity contribution in [1.29, 1.82) is 0 Å². The van der Waals surface area contributed by atoms with Crippen molar-refractivity contribution in [2.75, 3.05) is 19.8 Å². The molecule has 0 amide bonds. The molecule has 0 saturated carbocycles. The first-order valence-corrected chi connectivity index (χ1v) is 3.66. The number of hydrogen-bond acceptors (Lipinski definition) is 4. The van der Waals surface area contributed by atoms with E-state index in [1.54, 1.807) is 12.2 Å². The Kier molecular flexibility index (Phi) is 19.3. The molecule has 0 bridgehead atoms. The fourth-order valence-electron chi connectivity index (χ4n) is 0.245. The molecule has 4 nitrogen and oxygen atoms in total. The normalized spacial score (nSPS) is 8.08. The van der Waals surface area contributed by atoms with E-state index in [2.05, 4.69) is 34.4 Å². The molecule has 0 radical (unpaired) electrons.